The van der Waals surface area contributed by atoms with Crippen LogP contribution in [0.1, 0.15) is 11.1 Å². The highest BCUT2D eigenvalue weighted by Gasteiger charge is 2.07. The number of para-hydroxylation sites is 1. The minimum atomic E-state index is -0.259. The maximum absolute atomic E-state index is 13.4. The van der Waals surface area contributed by atoms with E-state index in [1.165, 1.54) is 6.07 Å². The van der Waals surface area contributed by atoms with Crippen molar-refractivity contribution in [2.24, 2.45) is 0 Å². The number of nitrogens with one attached hydrogen (secondary N) is 1. The number of halogens is 3. The van der Waals surface area contributed by atoms with Gasteiger partial charge in [-0.2, -0.15) is 0 Å². The molecule has 0 radical (unpaired) electrons. The zero-order valence-corrected chi connectivity index (χ0v) is 12.1. The Morgan fingerprint density at radius 1 is 1.22 bits per heavy atom. The van der Waals surface area contributed by atoms with Gasteiger partial charge < -0.3 is 5.32 Å². The van der Waals surface area contributed by atoms with E-state index in [-0.39, 0.29) is 5.82 Å². The van der Waals surface area contributed by atoms with Crippen molar-refractivity contribution < 1.29 is 4.39 Å². The standard InChI is InChI=1S/C14H12BrClFN/c1-9-4-2-6-11(16)14(9)18-8-10-5-3-7-12(17)13(10)15/h2-7,18H,8H2,1H3. The van der Waals surface area contributed by atoms with Crippen LogP contribution >= 0.6 is 27.5 Å². The van der Waals surface area contributed by atoms with E-state index in [2.05, 4.69) is 21.2 Å². The molecule has 2 aromatic rings. The molecular formula is C14H12BrClFN. The summed E-state index contributed by atoms with van der Waals surface area (Å²) in [6.07, 6.45) is 0. The lowest BCUT2D eigenvalue weighted by molar-refractivity contribution is 0.618. The summed E-state index contributed by atoms with van der Waals surface area (Å²) in [5, 5.41) is 3.91. The molecule has 0 spiro atoms. The van der Waals surface area contributed by atoms with Gasteiger partial charge in [0.1, 0.15) is 5.82 Å². The van der Waals surface area contributed by atoms with E-state index in [9.17, 15) is 4.39 Å². The summed E-state index contributed by atoms with van der Waals surface area (Å²) < 4.78 is 13.9. The van der Waals surface area contributed by atoms with Gasteiger partial charge in [-0.25, -0.2) is 4.39 Å². The number of benzene rings is 2. The molecule has 0 amide bonds. The van der Waals surface area contributed by atoms with Crippen LogP contribution in [0.25, 0.3) is 0 Å². The highest BCUT2D eigenvalue weighted by atomic mass is 79.9. The lowest BCUT2D eigenvalue weighted by Crippen LogP contribution is -2.03. The van der Waals surface area contributed by atoms with Crippen LogP contribution in [0.3, 0.4) is 0 Å². The van der Waals surface area contributed by atoms with Crippen molar-refractivity contribution in [1.29, 1.82) is 0 Å². The van der Waals surface area contributed by atoms with E-state index in [1.54, 1.807) is 6.07 Å². The van der Waals surface area contributed by atoms with Gasteiger partial charge in [0.05, 0.1) is 15.2 Å². The van der Waals surface area contributed by atoms with E-state index in [0.29, 0.717) is 16.0 Å². The van der Waals surface area contributed by atoms with Gasteiger partial charge in [0, 0.05) is 6.54 Å². The van der Waals surface area contributed by atoms with Crippen molar-refractivity contribution in [3.05, 3.63) is 62.8 Å². The van der Waals surface area contributed by atoms with Gasteiger partial charge in [-0.05, 0) is 46.1 Å². The number of hydrogen-bond acceptors (Lipinski definition) is 1. The van der Waals surface area contributed by atoms with E-state index < -0.39 is 0 Å². The largest absolute Gasteiger partial charge is 0.380 e. The summed E-state index contributed by atoms with van der Waals surface area (Å²) in [6.45, 7) is 2.50. The van der Waals surface area contributed by atoms with E-state index >= 15 is 0 Å². The first-order valence-corrected chi connectivity index (χ1v) is 6.68. The highest BCUT2D eigenvalue weighted by molar-refractivity contribution is 9.10. The first-order valence-electron chi connectivity index (χ1n) is 5.51. The average molecular weight is 329 g/mol. The fourth-order valence-corrected chi connectivity index (χ4v) is 2.42. The Bertz CT molecular complexity index is 551. The molecule has 18 heavy (non-hydrogen) atoms. The Balaban J connectivity index is 2.19. The van der Waals surface area contributed by atoms with E-state index in [4.69, 9.17) is 11.6 Å². The molecule has 0 heterocycles. The van der Waals surface area contributed by atoms with Gasteiger partial charge in [0.2, 0.25) is 0 Å². The fourth-order valence-electron chi connectivity index (χ4n) is 1.72. The summed E-state index contributed by atoms with van der Waals surface area (Å²) in [5.41, 5.74) is 2.81. The molecule has 0 unspecified atom stereocenters. The fraction of sp³-hybridized carbons (Fsp3) is 0.143. The minimum absolute atomic E-state index is 0.259. The SMILES string of the molecule is Cc1cccc(Cl)c1NCc1cccc(F)c1Br. The molecule has 0 atom stereocenters. The van der Waals surface area contributed by atoms with Crippen molar-refractivity contribution in [3.8, 4) is 0 Å². The van der Waals surface area contributed by atoms with Crippen LogP contribution in [0.5, 0.6) is 0 Å². The second-order valence-electron chi connectivity index (χ2n) is 4.00. The van der Waals surface area contributed by atoms with Crippen molar-refractivity contribution in [3.63, 3.8) is 0 Å². The quantitative estimate of drug-likeness (QED) is 0.820. The Kier molecular flexibility index (Phi) is 4.25. The minimum Gasteiger partial charge on any atom is -0.380 e. The summed E-state index contributed by atoms with van der Waals surface area (Å²) in [6, 6.07) is 10.7. The van der Waals surface area contributed by atoms with Crippen LogP contribution in [-0.4, -0.2) is 0 Å². The monoisotopic (exact) mass is 327 g/mol. The molecule has 1 N–H and O–H groups in total. The first kappa shape index (κ1) is 13.4. The molecule has 0 aliphatic heterocycles. The van der Waals surface area contributed by atoms with Crippen molar-refractivity contribution in [2.45, 2.75) is 13.5 Å². The van der Waals surface area contributed by atoms with Crippen LogP contribution < -0.4 is 5.32 Å². The van der Waals surface area contributed by atoms with Crippen LogP contribution in [-0.2, 0) is 6.54 Å². The zero-order valence-electron chi connectivity index (χ0n) is 9.81. The zero-order chi connectivity index (χ0) is 13.1. The molecule has 0 aromatic heterocycles. The Morgan fingerprint density at radius 2 is 1.94 bits per heavy atom. The summed E-state index contributed by atoms with van der Waals surface area (Å²) in [5.74, 6) is -0.259. The van der Waals surface area contributed by atoms with Gasteiger partial charge in [-0.3, -0.25) is 0 Å². The molecule has 2 aromatic carbocycles. The van der Waals surface area contributed by atoms with Crippen LogP contribution in [0.2, 0.25) is 5.02 Å². The van der Waals surface area contributed by atoms with Gasteiger partial charge in [0.15, 0.2) is 0 Å². The molecular weight excluding hydrogens is 317 g/mol. The molecule has 4 heteroatoms. The second kappa shape index (κ2) is 5.72. The number of aryl methyl sites for hydroxylation is 1. The van der Waals surface area contributed by atoms with Crippen molar-refractivity contribution in [2.75, 3.05) is 5.32 Å². The summed E-state index contributed by atoms with van der Waals surface area (Å²) in [4.78, 5) is 0. The van der Waals surface area contributed by atoms with Gasteiger partial charge in [-0.1, -0.05) is 35.9 Å². The highest BCUT2D eigenvalue weighted by Crippen LogP contribution is 2.27. The Labute approximate surface area is 119 Å². The summed E-state index contributed by atoms with van der Waals surface area (Å²) in [7, 11) is 0. The maximum atomic E-state index is 13.4. The predicted molar refractivity (Wildman–Crippen MR) is 77.6 cm³/mol. The van der Waals surface area contributed by atoms with E-state index in [1.807, 2.05) is 31.2 Å². The van der Waals surface area contributed by atoms with Gasteiger partial charge in [-0.15, -0.1) is 0 Å². The predicted octanol–water partition coefficient (Wildman–Crippen LogP) is 5.16. The third-order valence-electron chi connectivity index (χ3n) is 2.71. The van der Waals surface area contributed by atoms with Crippen LogP contribution in [0.4, 0.5) is 10.1 Å². The first-order chi connectivity index (χ1) is 8.59. The third kappa shape index (κ3) is 2.85. The molecule has 94 valence electrons. The van der Waals surface area contributed by atoms with Crippen LogP contribution in [0.15, 0.2) is 40.9 Å². The number of anilines is 1. The van der Waals surface area contributed by atoms with Gasteiger partial charge in [0.25, 0.3) is 0 Å². The molecule has 0 bridgehead atoms. The normalized spacial score (nSPS) is 10.4. The third-order valence-corrected chi connectivity index (χ3v) is 3.91. The van der Waals surface area contributed by atoms with Crippen molar-refractivity contribution >= 4 is 33.2 Å². The topological polar surface area (TPSA) is 12.0 Å². The lowest BCUT2D eigenvalue weighted by Gasteiger charge is -2.12. The lowest BCUT2D eigenvalue weighted by atomic mass is 10.1. The van der Waals surface area contributed by atoms with E-state index in [0.717, 1.165) is 16.8 Å². The molecule has 0 saturated carbocycles. The average Bonchev–Trinajstić information content (AvgIpc) is 2.33. The summed E-state index contributed by atoms with van der Waals surface area (Å²) >= 11 is 9.36. The molecule has 0 aliphatic carbocycles. The Hall–Kier alpha value is -1.06. The number of rotatable bonds is 3. The molecule has 2 rings (SSSR count). The molecule has 0 aliphatic rings. The molecule has 1 nitrogen and oxygen atoms in total. The smallest absolute Gasteiger partial charge is 0.137 e. The second-order valence-corrected chi connectivity index (χ2v) is 5.20. The molecule has 0 fully saturated rings. The molecule has 0 saturated heterocycles. The Morgan fingerprint density at radius 3 is 2.67 bits per heavy atom. The number of hydrogen-bond donors (Lipinski definition) is 1. The van der Waals surface area contributed by atoms with Crippen molar-refractivity contribution in [1.82, 2.24) is 0 Å². The van der Waals surface area contributed by atoms with Crippen LogP contribution in [0, 0.1) is 12.7 Å². The van der Waals surface area contributed by atoms with Gasteiger partial charge >= 0.3 is 0 Å². The maximum Gasteiger partial charge on any atom is 0.137 e.